The zero-order chi connectivity index (χ0) is 14.0. The number of benzene rings is 1. The van der Waals surface area contributed by atoms with Gasteiger partial charge in [0.2, 0.25) is 0 Å². The van der Waals surface area contributed by atoms with Crippen molar-refractivity contribution in [2.24, 2.45) is 0 Å². The molecule has 0 spiro atoms. The van der Waals surface area contributed by atoms with Gasteiger partial charge in [0.1, 0.15) is 0 Å². The van der Waals surface area contributed by atoms with Crippen molar-refractivity contribution in [1.29, 1.82) is 0 Å². The third-order valence-electron chi connectivity index (χ3n) is 3.98. The fourth-order valence-corrected chi connectivity index (χ4v) is 2.55. The molecule has 1 aromatic carbocycles. The molecule has 0 saturated carbocycles. The van der Waals surface area contributed by atoms with Crippen LogP contribution in [0.15, 0.2) is 18.2 Å². The smallest absolute Gasteiger partial charge is 0.274 e. The average Bonchev–Trinajstić information content (AvgIpc) is 2.36. The third-order valence-corrected chi connectivity index (χ3v) is 3.98. The van der Waals surface area contributed by atoms with Gasteiger partial charge in [0.25, 0.3) is 5.69 Å². The highest BCUT2D eigenvalue weighted by Gasteiger charge is 2.23. The summed E-state index contributed by atoms with van der Waals surface area (Å²) in [6, 6.07) is 6.31. The van der Waals surface area contributed by atoms with E-state index in [-0.39, 0.29) is 10.6 Å². The summed E-state index contributed by atoms with van der Waals surface area (Å²) in [6.07, 6.45) is 2.14. The maximum Gasteiger partial charge on any atom is 0.274 e. The van der Waals surface area contributed by atoms with E-state index in [9.17, 15) is 10.1 Å². The Labute approximate surface area is 113 Å². The molecule has 1 fully saturated rings. The lowest BCUT2D eigenvalue weighted by Gasteiger charge is -2.35. The summed E-state index contributed by atoms with van der Waals surface area (Å²) < 4.78 is 0. The summed E-state index contributed by atoms with van der Waals surface area (Å²) in [4.78, 5) is 13.0. The van der Waals surface area contributed by atoms with E-state index < -0.39 is 0 Å². The first-order valence-corrected chi connectivity index (χ1v) is 6.69. The second-order valence-corrected chi connectivity index (χ2v) is 5.45. The van der Waals surface area contributed by atoms with Crippen LogP contribution in [0.4, 0.5) is 11.4 Å². The number of nitro groups is 1. The molecule has 104 valence electrons. The van der Waals surface area contributed by atoms with E-state index in [1.54, 1.807) is 19.1 Å². The minimum Gasteiger partial charge on any atom is -0.382 e. The molecule has 1 heterocycles. The van der Waals surface area contributed by atoms with Gasteiger partial charge in [0.05, 0.1) is 4.92 Å². The normalized spacial score (nSPS) is 24.2. The predicted octanol–water partition coefficient (Wildman–Crippen LogP) is 2.80. The highest BCUT2D eigenvalue weighted by Crippen LogP contribution is 2.25. The number of nitrogens with one attached hydrogen (secondary N) is 1. The minimum absolute atomic E-state index is 0.186. The Kier molecular flexibility index (Phi) is 4.04. The molecular formula is C14H21N3O2. The number of nitrogens with zero attached hydrogens (tertiary/aromatic N) is 2. The van der Waals surface area contributed by atoms with Crippen LogP contribution in [0, 0.1) is 17.0 Å². The molecule has 2 rings (SSSR count). The van der Waals surface area contributed by atoms with Crippen LogP contribution in [0.2, 0.25) is 0 Å². The van der Waals surface area contributed by atoms with Crippen LogP contribution in [-0.2, 0) is 0 Å². The van der Waals surface area contributed by atoms with Crippen molar-refractivity contribution in [1.82, 2.24) is 4.90 Å². The third kappa shape index (κ3) is 3.23. The molecular weight excluding hydrogens is 242 g/mol. The first-order chi connectivity index (χ1) is 8.97. The van der Waals surface area contributed by atoms with E-state index >= 15 is 0 Å². The number of aryl methyl sites for hydroxylation is 1. The summed E-state index contributed by atoms with van der Waals surface area (Å²) in [5, 5.41) is 14.4. The molecule has 0 aliphatic carbocycles. The maximum atomic E-state index is 10.9. The quantitative estimate of drug-likeness (QED) is 0.673. The van der Waals surface area contributed by atoms with Crippen molar-refractivity contribution in [2.75, 3.05) is 18.9 Å². The molecule has 2 unspecified atom stereocenters. The number of likely N-dealkylation sites (tertiary alicyclic amines) is 1. The van der Waals surface area contributed by atoms with Crippen LogP contribution in [0.25, 0.3) is 0 Å². The molecule has 5 heteroatoms. The predicted molar refractivity (Wildman–Crippen MR) is 76.6 cm³/mol. The van der Waals surface area contributed by atoms with E-state index in [0.29, 0.717) is 17.6 Å². The van der Waals surface area contributed by atoms with Crippen LogP contribution in [0.1, 0.15) is 25.3 Å². The second-order valence-electron chi connectivity index (χ2n) is 5.45. The van der Waals surface area contributed by atoms with Gasteiger partial charge in [0.15, 0.2) is 0 Å². The summed E-state index contributed by atoms with van der Waals surface area (Å²) >= 11 is 0. The monoisotopic (exact) mass is 263 g/mol. The van der Waals surface area contributed by atoms with Crippen LogP contribution in [0.3, 0.4) is 0 Å². The first kappa shape index (κ1) is 13.8. The number of piperidine rings is 1. The molecule has 1 aliphatic rings. The molecule has 5 nitrogen and oxygen atoms in total. The van der Waals surface area contributed by atoms with Gasteiger partial charge in [-0.25, -0.2) is 0 Å². The number of hydrogen-bond acceptors (Lipinski definition) is 4. The van der Waals surface area contributed by atoms with Gasteiger partial charge < -0.3 is 10.2 Å². The van der Waals surface area contributed by atoms with Gasteiger partial charge in [0, 0.05) is 35.9 Å². The van der Waals surface area contributed by atoms with Crippen LogP contribution in [0.5, 0.6) is 0 Å². The van der Waals surface area contributed by atoms with Gasteiger partial charge >= 0.3 is 0 Å². The fraction of sp³-hybridized carbons (Fsp3) is 0.571. The van der Waals surface area contributed by atoms with Gasteiger partial charge in [-0.05, 0) is 39.8 Å². The summed E-state index contributed by atoms with van der Waals surface area (Å²) in [6.45, 7) is 5.04. The fourth-order valence-electron chi connectivity index (χ4n) is 2.55. The zero-order valence-corrected chi connectivity index (χ0v) is 11.7. The largest absolute Gasteiger partial charge is 0.382 e. The van der Waals surface area contributed by atoms with Crippen molar-refractivity contribution in [2.45, 2.75) is 38.8 Å². The molecule has 1 saturated heterocycles. The number of nitro benzene ring substituents is 1. The molecule has 1 N–H and O–H groups in total. The first-order valence-electron chi connectivity index (χ1n) is 6.69. The Morgan fingerprint density at radius 1 is 1.47 bits per heavy atom. The summed E-state index contributed by atoms with van der Waals surface area (Å²) in [5.41, 5.74) is 1.73. The van der Waals surface area contributed by atoms with Crippen molar-refractivity contribution in [3.05, 3.63) is 33.9 Å². The summed E-state index contributed by atoms with van der Waals surface area (Å²) in [7, 11) is 2.14. The maximum absolute atomic E-state index is 10.9. The average molecular weight is 263 g/mol. The Hall–Kier alpha value is -1.62. The van der Waals surface area contributed by atoms with Crippen molar-refractivity contribution < 1.29 is 4.92 Å². The van der Waals surface area contributed by atoms with Gasteiger partial charge in [-0.1, -0.05) is 6.07 Å². The van der Waals surface area contributed by atoms with Crippen LogP contribution in [-0.4, -0.2) is 35.5 Å². The number of hydrogen-bond donors (Lipinski definition) is 1. The lowest BCUT2D eigenvalue weighted by atomic mass is 9.98. The number of rotatable bonds is 3. The standard InChI is InChI=1S/C14H21N3O2/c1-10-4-5-12(9-14(10)17(18)19)15-13-6-7-16(3)11(2)8-13/h4-5,9,11,13,15H,6-8H2,1-3H3. The SMILES string of the molecule is Cc1ccc(NC2CCN(C)C(C)C2)cc1[N+](=O)[O-]. The topological polar surface area (TPSA) is 58.4 Å². The molecule has 0 radical (unpaired) electrons. The molecule has 19 heavy (non-hydrogen) atoms. The van der Waals surface area contributed by atoms with E-state index in [1.807, 2.05) is 6.07 Å². The van der Waals surface area contributed by atoms with E-state index in [0.717, 1.165) is 25.1 Å². The molecule has 0 amide bonds. The number of anilines is 1. The highest BCUT2D eigenvalue weighted by atomic mass is 16.6. The van der Waals surface area contributed by atoms with Gasteiger partial charge in [-0.2, -0.15) is 0 Å². The summed E-state index contributed by atoms with van der Waals surface area (Å²) in [5.74, 6) is 0. The Balaban J connectivity index is 2.07. The molecule has 1 aliphatic heterocycles. The van der Waals surface area contributed by atoms with Crippen molar-refractivity contribution >= 4 is 11.4 Å². The minimum atomic E-state index is -0.322. The van der Waals surface area contributed by atoms with Gasteiger partial charge in [-0.3, -0.25) is 10.1 Å². The zero-order valence-electron chi connectivity index (χ0n) is 11.7. The Morgan fingerprint density at radius 2 is 2.21 bits per heavy atom. The van der Waals surface area contributed by atoms with E-state index in [1.165, 1.54) is 0 Å². The van der Waals surface area contributed by atoms with E-state index in [2.05, 4.69) is 24.2 Å². The van der Waals surface area contributed by atoms with Crippen molar-refractivity contribution in [3.63, 3.8) is 0 Å². The Bertz CT molecular complexity index is 476. The Morgan fingerprint density at radius 3 is 2.84 bits per heavy atom. The lowest BCUT2D eigenvalue weighted by molar-refractivity contribution is -0.385. The van der Waals surface area contributed by atoms with Gasteiger partial charge in [-0.15, -0.1) is 0 Å². The van der Waals surface area contributed by atoms with Crippen LogP contribution < -0.4 is 5.32 Å². The molecule has 1 aromatic rings. The van der Waals surface area contributed by atoms with E-state index in [4.69, 9.17) is 0 Å². The van der Waals surface area contributed by atoms with Crippen LogP contribution >= 0.6 is 0 Å². The second kappa shape index (κ2) is 5.57. The highest BCUT2D eigenvalue weighted by molar-refractivity contribution is 5.55. The van der Waals surface area contributed by atoms with Crippen molar-refractivity contribution in [3.8, 4) is 0 Å². The molecule has 2 atom stereocenters. The molecule has 0 bridgehead atoms. The lowest BCUT2D eigenvalue weighted by Crippen LogP contribution is -2.42. The molecule has 0 aromatic heterocycles.